The van der Waals surface area contributed by atoms with Gasteiger partial charge in [0.2, 0.25) is 5.91 Å². The first-order chi connectivity index (χ1) is 10.1. The molecule has 0 spiro atoms. The second-order valence-corrected chi connectivity index (χ2v) is 4.95. The Morgan fingerprint density at radius 2 is 2.10 bits per heavy atom. The molecule has 1 atom stereocenters. The minimum Gasteiger partial charge on any atom is -0.497 e. The number of benzene rings is 1. The van der Waals surface area contributed by atoms with Gasteiger partial charge in [-0.15, -0.1) is 0 Å². The lowest BCUT2D eigenvalue weighted by Gasteiger charge is -2.15. The highest BCUT2D eigenvalue weighted by Gasteiger charge is 2.12. The molecule has 0 aliphatic carbocycles. The molecule has 1 amide bonds. The fourth-order valence-corrected chi connectivity index (χ4v) is 2.12. The van der Waals surface area contributed by atoms with Crippen LogP contribution in [0, 0.1) is 5.92 Å². The van der Waals surface area contributed by atoms with E-state index in [4.69, 9.17) is 14.6 Å². The van der Waals surface area contributed by atoms with Crippen LogP contribution in [0.1, 0.15) is 25.3 Å². The lowest BCUT2D eigenvalue weighted by Crippen LogP contribution is -2.30. The molecule has 118 valence electrons. The third-order valence-electron chi connectivity index (χ3n) is 3.55. The minimum atomic E-state index is -0.0464. The summed E-state index contributed by atoms with van der Waals surface area (Å²) >= 11 is 0. The average molecular weight is 295 g/mol. The summed E-state index contributed by atoms with van der Waals surface area (Å²) in [5, 5.41) is 11.9. The highest BCUT2D eigenvalue weighted by Crippen LogP contribution is 2.24. The van der Waals surface area contributed by atoms with Crippen LogP contribution in [0.25, 0.3) is 0 Å². The zero-order valence-electron chi connectivity index (χ0n) is 13.0. The van der Waals surface area contributed by atoms with Crippen LogP contribution in [0.2, 0.25) is 0 Å². The molecule has 0 aromatic heterocycles. The van der Waals surface area contributed by atoms with Crippen molar-refractivity contribution in [2.24, 2.45) is 5.92 Å². The predicted octanol–water partition coefficient (Wildman–Crippen LogP) is 1.77. The van der Waals surface area contributed by atoms with Crippen LogP contribution >= 0.6 is 0 Å². The Kier molecular flexibility index (Phi) is 7.61. The Bertz CT molecular complexity index is 448. The highest BCUT2D eigenvalue weighted by molar-refractivity contribution is 5.79. The standard InChI is InChI=1S/C16H25NO4/c1-4-12(7-8-18)11-17-16(19)9-13-5-6-14(20-2)10-15(13)21-3/h5-6,10,12,18H,4,7-9,11H2,1-3H3,(H,17,19). The lowest BCUT2D eigenvalue weighted by molar-refractivity contribution is -0.120. The van der Waals surface area contributed by atoms with Crippen molar-refractivity contribution in [3.8, 4) is 11.5 Å². The van der Waals surface area contributed by atoms with Crippen LogP contribution in [-0.4, -0.2) is 38.4 Å². The zero-order chi connectivity index (χ0) is 15.7. The molecule has 1 aromatic carbocycles. The van der Waals surface area contributed by atoms with E-state index in [-0.39, 0.29) is 18.9 Å². The summed E-state index contributed by atoms with van der Waals surface area (Å²) in [5.74, 6) is 1.61. The molecular formula is C16H25NO4. The smallest absolute Gasteiger partial charge is 0.224 e. The Morgan fingerprint density at radius 3 is 2.67 bits per heavy atom. The molecule has 0 radical (unpaired) electrons. The summed E-state index contributed by atoms with van der Waals surface area (Å²) in [7, 11) is 3.16. The van der Waals surface area contributed by atoms with Crippen molar-refractivity contribution in [3.63, 3.8) is 0 Å². The van der Waals surface area contributed by atoms with E-state index in [2.05, 4.69) is 12.2 Å². The van der Waals surface area contributed by atoms with Gasteiger partial charge in [0.25, 0.3) is 0 Å². The summed E-state index contributed by atoms with van der Waals surface area (Å²) in [6.45, 7) is 2.80. The van der Waals surface area contributed by atoms with Crippen LogP contribution in [0.5, 0.6) is 11.5 Å². The van der Waals surface area contributed by atoms with E-state index in [1.165, 1.54) is 0 Å². The first-order valence-corrected chi connectivity index (χ1v) is 7.23. The molecule has 2 N–H and O–H groups in total. The van der Waals surface area contributed by atoms with Crippen molar-refractivity contribution in [2.75, 3.05) is 27.4 Å². The number of carbonyl (C=O) groups excluding carboxylic acids is 1. The number of amides is 1. The van der Waals surface area contributed by atoms with E-state index in [0.29, 0.717) is 30.4 Å². The molecule has 0 fully saturated rings. The predicted molar refractivity (Wildman–Crippen MR) is 81.7 cm³/mol. The molecule has 5 heteroatoms. The summed E-state index contributed by atoms with van der Waals surface area (Å²) in [6, 6.07) is 5.41. The number of carbonyl (C=O) groups is 1. The third kappa shape index (κ3) is 5.63. The molecule has 0 aliphatic heterocycles. The van der Waals surface area contributed by atoms with Crippen molar-refractivity contribution in [3.05, 3.63) is 23.8 Å². The molecule has 0 heterocycles. The molecular weight excluding hydrogens is 270 g/mol. The summed E-state index contributed by atoms with van der Waals surface area (Å²) < 4.78 is 10.4. The van der Waals surface area contributed by atoms with E-state index in [9.17, 15) is 4.79 Å². The summed E-state index contributed by atoms with van der Waals surface area (Å²) in [5.41, 5.74) is 0.825. The van der Waals surface area contributed by atoms with E-state index in [1.54, 1.807) is 20.3 Å². The van der Waals surface area contributed by atoms with Crippen molar-refractivity contribution in [1.82, 2.24) is 5.32 Å². The van der Waals surface area contributed by atoms with Gasteiger partial charge in [-0.3, -0.25) is 4.79 Å². The Labute approximate surface area is 126 Å². The van der Waals surface area contributed by atoms with Crippen molar-refractivity contribution >= 4 is 5.91 Å². The van der Waals surface area contributed by atoms with Gasteiger partial charge in [0.1, 0.15) is 11.5 Å². The van der Waals surface area contributed by atoms with Crippen LogP contribution < -0.4 is 14.8 Å². The van der Waals surface area contributed by atoms with Gasteiger partial charge in [0.15, 0.2) is 0 Å². The molecule has 5 nitrogen and oxygen atoms in total. The largest absolute Gasteiger partial charge is 0.497 e. The van der Waals surface area contributed by atoms with Crippen LogP contribution in [0.3, 0.4) is 0 Å². The molecule has 1 rings (SSSR count). The monoisotopic (exact) mass is 295 g/mol. The molecule has 0 aliphatic rings. The minimum absolute atomic E-state index is 0.0464. The normalized spacial score (nSPS) is 11.8. The molecule has 21 heavy (non-hydrogen) atoms. The summed E-state index contributed by atoms with van der Waals surface area (Å²) in [4.78, 5) is 12.0. The number of methoxy groups -OCH3 is 2. The molecule has 1 aromatic rings. The first kappa shape index (κ1) is 17.3. The van der Waals surface area contributed by atoms with E-state index >= 15 is 0 Å². The topological polar surface area (TPSA) is 67.8 Å². The Balaban J connectivity index is 2.58. The van der Waals surface area contributed by atoms with Crippen molar-refractivity contribution in [2.45, 2.75) is 26.2 Å². The maximum Gasteiger partial charge on any atom is 0.224 e. The van der Waals surface area contributed by atoms with E-state index in [1.807, 2.05) is 12.1 Å². The molecule has 0 bridgehead atoms. The van der Waals surface area contributed by atoms with Gasteiger partial charge in [0, 0.05) is 24.8 Å². The Morgan fingerprint density at radius 1 is 1.33 bits per heavy atom. The number of aliphatic hydroxyl groups excluding tert-OH is 1. The fourth-order valence-electron chi connectivity index (χ4n) is 2.12. The van der Waals surface area contributed by atoms with Gasteiger partial charge in [0.05, 0.1) is 20.6 Å². The van der Waals surface area contributed by atoms with Crippen LogP contribution in [-0.2, 0) is 11.2 Å². The highest BCUT2D eigenvalue weighted by atomic mass is 16.5. The first-order valence-electron chi connectivity index (χ1n) is 7.23. The van der Waals surface area contributed by atoms with Gasteiger partial charge in [-0.1, -0.05) is 19.4 Å². The maximum atomic E-state index is 12.0. The third-order valence-corrected chi connectivity index (χ3v) is 3.55. The van der Waals surface area contributed by atoms with Crippen LogP contribution in [0.15, 0.2) is 18.2 Å². The maximum absolute atomic E-state index is 12.0. The lowest BCUT2D eigenvalue weighted by atomic mass is 10.0. The number of hydrogen-bond acceptors (Lipinski definition) is 4. The molecule has 0 saturated carbocycles. The van der Waals surface area contributed by atoms with E-state index < -0.39 is 0 Å². The molecule has 0 saturated heterocycles. The number of nitrogens with one attached hydrogen (secondary N) is 1. The second kappa shape index (κ2) is 9.23. The number of hydrogen-bond donors (Lipinski definition) is 2. The van der Waals surface area contributed by atoms with Gasteiger partial charge in [-0.05, 0) is 18.4 Å². The van der Waals surface area contributed by atoms with E-state index in [0.717, 1.165) is 12.0 Å². The number of rotatable bonds is 9. The summed E-state index contributed by atoms with van der Waals surface area (Å²) in [6.07, 6.45) is 1.91. The van der Waals surface area contributed by atoms with Gasteiger partial charge in [-0.2, -0.15) is 0 Å². The number of ether oxygens (including phenoxy) is 2. The van der Waals surface area contributed by atoms with Crippen molar-refractivity contribution in [1.29, 1.82) is 0 Å². The number of aliphatic hydroxyl groups is 1. The van der Waals surface area contributed by atoms with Gasteiger partial charge in [-0.25, -0.2) is 0 Å². The van der Waals surface area contributed by atoms with Crippen molar-refractivity contribution < 1.29 is 19.4 Å². The zero-order valence-corrected chi connectivity index (χ0v) is 13.0. The second-order valence-electron chi connectivity index (χ2n) is 4.95. The molecule has 1 unspecified atom stereocenters. The average Bonchev–Trinajstić information content (AvgIpc) is 2.51. The Hall–Kier alpha value is -1.75. The van der Waals surface area contributed by atoms with Crippen LogP contribution in [0.4, 0.5) is 0 Å². The fraction of sp³-hybridized carbons (Fsp3) is 0.562. The van der Waals surface area contributed by atoms with Gasteiger partial charge < -0.3 is 19.9 Å². The SMILES string of the molecule is CCC(CCO)CNC(=O)Cc1ccc(OC)cc1OC. The quantitative estimate of drug-likeness (QED) is 0.728. The van der Waals surface area contributed by atoms with Gasteiger partial charge >= 0.3 is 0 Å².